The number of fused-ring (bicyclic) bond motifs is 1. The van der Waals surface area contributed by atoms with Crippen LogP contribution in [0, 0.1) is 5.82 Å². The second-order valence-corrected chi connectivity index (χ2v) is 7.51. The summed E-state index contributed by atoms with van der Waals surface area (Å²) in [6.07, 6.45) is 4.16. The molecule has 7 heteroatoms. The Hall–Kier alpha value is -4.52. The number of pyridine rings is 1. The molecule has 0 fully saturated rings. The molecule has 0 saturated heterocycles. The first-order valence-electron chi connectivity index (χ1n) is 10.5. The molecule has 0 aliphatic rings. The molecule has 34 heavy (non-hydrogen) atoms. The van der Waals surface area contributed by atoms with Crippen LogP contribution in [0.3, 0.4) is 0 Å². The first-order chi connectivity index (χ1) is 16.4. The highest BCUT2D eigenvalue weighted by atomic mass is 19.1. The van der Waals surface area contributed by atoms with Crippen molar-refractivity contribution in [1.82, 2.24) is 4.98 Å². The fourth-order valence-corrected chi connectivity index (χ4v) is 3.60. The average Bonchev–Trinajstić information content (AvgIpc) is 2.83. The van der Waals surface area contributed by atoms with E-state index in [4.69, 9.17) is 9.84 Å². The summed E-state index contributed by atoms with van der Waals surface area (Å²) in [7, 11) is 0. The maximum absolute atomic E-state index is 14.9. The van der Waals surface area contributed by atoms with Gasteiger partial charge in [-0.15, -0.1) is 0 Å². The number of ether oxygens (including phenoxy) is 1. The summed E-state index contributed by atoms with van der Waals surface area (Å²) in [5, 5.41) is 19.0. The number of carboxylic acids is 1. The van der Waals surface area contributed by atoms with E-state index in [1.807, 2.05) is 19.1 Å². The van der Waals surface area contributed by atoms with Gasteiger partial charge in [-0.2, -0.15) is 0 Å². The standard InChI is InChI=1S/C27H20FNO5/c1-2-17-5-3-4-6-19(17)26(33)21-15-29-23-14-18(30)9-10-20(23)27(21)34-24-11-7-16(13-22(24)28)8-12-25(31)32/h3-15,30H,2H2,1H3,(H,31,32)/b12-8+. The third-order valence-corrected chi connectivity index (χ3v) is 5.28. The number of phenolic OH excluding ortho intramolecular Hbond substituents is 1. The number of hydrogen-bond donors (Lipinski definition) is 2. The van der Waals surface area contributed by atoms with Gasteiger partial charge in [0.2, 0.25) is 0 Å². The van der Waals surface area contributed by atoms with Gasteiger partial charge >= 0.3 is 5.97 Å². The van der Waals surface area contributed by atoms with Gasteiger partial charge in [0, 0.05) is 29.3 Å². The molecule has 2 N–H and O–H groups in total. The first-order valence-corrected chi connectivity index (χ1v) is 10.5. The van der Waals surface area contributed by atoms with Crippen LogP contribution in [0.25, 0.3) is 17.0 Å². The van der Waals surface area contributed by atoms with Crippen molar-refractivity contribution in [2.45, 2.75) is 13.3 Å². The Morgan fingerprint density at radius 2 is 1.85 bits per heavy atom. The van der Waals surface area contributed by atoms with Crippen LogP contribution in [0.4, 0.5) is 4.39 Å². The number of carbonyl (C=O) groups excluding carboxylic acids is 1. The first kappa shape index (κ1) is 22.7. The molecular weight excluding hydrogens is 437 g/mol. The van der Waals surface area contributed by atoms with E-state index in [1.54, 1.807) is 18.2 Å². The molecule has 3 aromatic carbocycles. The maximum atomic E-state index is 14.9. The van der Waals surface area contributed by atoms with Gasteiger partial charge in [-0.25, -0.2) is 9.18 Å². The number of ketones is 1. The van der Waals surface area contributed by atoms with Crippen molar-refractivity contribution in [1.29, 1.82) is 0 Å². The Kier molecular flexibility index (Phi) is 6.36. The SMILES string of the molecule is CCc1ccccc1C(=O)c1cnc2cc(O)ccc2c1Oc1ccc(/C=C/C(=O)O)cc1F. The Bertz CT molecular complexity index is 1440. The number of aromatic nitrogens is 1. The van der Waals surface area contributed by atoms with Gasteiger partial charge in [0.1, 0.15) is 11.5 Å². The smallest absolute Gasteiger partial charge is 0.328 e. The zero-order valence-electron chi connectivity index (χ0n) is 18.2. The van der Waals surface area contributed by atoms with Crippen LogP contribution in [0.5, 0.6) is 17.2 Å². The molecular formula is C27H20FNO5. The molecule has 170 valence electrons. The summed E-state index contributed by atoms with van der Waals surface area (Å²) >= 11 is 0. The van der Waals surface area contributed by atoms with Crippen molar-refractivity contribution >= 4 is 28.7 Å². The summed E-state index contributed by atoms with van der Waals surface area (Å²) < 4.78 is 20.8. The number of benzene rings is 3. The van der Waals surface area contributed by atoms with Crippen molar-refractivity contribution in [3.05, 3.63) is 101 Å². The third kappa shape index (κ3) is 4.63. The summed E-state index contributed by atoms with van der Waals surface area (Å²) in [6.45, 7) is 1.95. The number of aryl methyl sites for hydroxylation is 1. The van der Waals surface area contributed by atoms with Crippen LogP contribution in [-0.4, -0.2) is 26.9 Å². The van der Waals surface area contributed by atoms with Crippen molar-refractivity contribution < 1.29 is 28.9 Å². The summed E-state index contributed by atoms with van der Waals surface area (Å²) in [6, 6.07) is 15.6. The predicted molar refractivity (Wildman–Crippen MR) is 126 cm³/mol. The molecule has 1 heterocycles. The van der Waals surface area contributed by atoms with E-state index in [1.165, 1.54) is 36.5 Å². The van der Waals surface area contributed by atoms with Gasteiger partial charge in [0.05, 0.1) is 11.1 Å². The molecule has 0 radical (unpaired) electrons. The highest BCUT2D eigenvalue weighted by Gasteiger charge is 2.22. The number of nitrogens with zero attached hydrogens (tertiary/aromatic N) is 1. The summed E-state index contributed by atoms with van der Waals surface area (Å²) in [4.78, 5) is 28.5. The molecule has 0 unspecified atom stereocenters. The van der Waals surface area contributed by atoms with Crippen LogP contribution < -0.4 is 4.74 Å². The number of rotatable bonds is 7. The quantitative estimate of drug-likeness (QED) is 0.270. The fraction of sp³-hybridized carbons (Fsp3) is 0.0741. The summed E-state index contributed by atoms with van der Waals surface area (Å²) in [5.41, 5.74) is 2.20. The van der Waals surface area contributed by atoms with Gasteiger partial charge in [-0.3, -0.25) is 9.78 Å². The van der Waals surface area contributed by atoms with E-state index in [0.717, 1.165) is 17.7 Å². The Balaban J connectivity index is 1.84. The minimum atomic E-state index is -1.15. The number of phenols is 1. The number of halogens is 1. The van der Waals surface area contributed by atoms with Crippen molar-refractivity contribution in [3.8, 4) is 17.2 Å². The third-order valence-electron chi connectivity index (χ3n) is 5.28. The highest BCUT2D eigenvalue weighted by Crippen LogP contribution is 2.36. The molecule has 0 amide bonds. The molecule has 0 aliphatic heterocycles. The van der Waals surface area contributed by atoms with Gasteiger partial charge < -0.3 is 14.9 Å². The minimum absolute atomic E-state index is 0.0119. The molecule has 4 aromatic rings. The predicted octanol–water partition coefficient (Wildman–Crippen LogP) is 5.76. The van der Waals surface area contributed by atoms with Gasteiger partial charge in [-0.05, 0) is 47.9 Å². The lowest BCUT2D eigenvalue weighted by Crippen LogP contribution is -2.08. The number of aliphatic carboxylic acids is 1. The molecule has 0 aliphatic carbocycles. The number of carbonyl (C=O) groups is 2. The maximum Gasteiger partial charge on any atom is 0.328 e. The Morgan fingerprint density at radius 1 is 1.06 bits per heavy atom. The Labute approximate surface area is 194 Å². The lowest BCUT2D eigenvalue weighted by molar-refractivity contribution is -0.131. The lowest BCUT2D eigenvalue weighted by Gasteiger charge is -2.15. The average molecular weight is 457 g/mol. The molecule has 6 nitrogen and oxygen atoms in total. The van der Waals surface area contributed by atoms with Crippen molar-refractivity contribution in [2.75, 3.05) is 0 Å². The van der Waals surface area contributed by atoms with Crippen LogP contribution >= 0.6 is 0 Å². The second-order valence-electron chi connectivity index (χ2n) is 7.51. The van der Waals surface area contributed by atoms with Crippen LogP contribution in [-0.2, 0) is 11.2 Å². The van der Waals surface area contributed by atoms with Crippen LogP contribution in [0.1, 0.15) is 34.0 Å². The van der Waals surface area contributed by atoms with E-state index in [0.29, 0.717) is 28.5 Å². The van der Waals surface area contributed by atoms with Crippen molar-refractivity contribution in [2.24, 2.45) is 0 Å². The second kappa shape index (κ2) is 9.54. The summed E-state index contributed by atoms with van der Waals surface area (Å²) in [5.74, 6) is -2.26. The van der Waals surface area contributed by atoms with Crippen LogP contribution in [0.2, 0.25) is 0 Å². The number of aromatic hydroxyl groups is 1. The Morgan fingerprint density at radius 3 is 2.59 bits per heavy atom. The van der Waals surface area contributed by atoms with E-state index in [9.17, 15) is 19.1 Å². The highest BCUT2D eigenvalue weighted by molar-refractivity contribution is 6.14. The monoisotopic (exact) mass is 457 g/mol. The fourth-order valence-electron chi connectivity index (χ4n) is 3.60. The zero-order valence-corrected chi connectivity index (χ0v) is 18.2. The number of carboxylic acid groups (broad SMARTS) is 1. The van der Waals surface area contributed by atoms with E-state index < -0.39 is 11.8 Å². The molecule has 4 rings (SSSR count). The topological polar surface area (TPSA) is 96.7 Å². The zero-order chi connectivity index (χ0) is 24.2. The van der Waals surface area contributed by atoms with E-state index >= 15 is 0 Å². The van der Waals surface area contributed by atoms with Gasteiger partial charge in [0.15, 0.2) is 17.3 Å². The number of hydrogen-bond acceptors (Lipinski definition) is 5. The molecule has 0 spiro atoms. The lowest BCUT2D eigenvalue weighted by atomic mass is 9.96. The van der Waals surface area contributed by atoms with Crippen LogP contribution in [0.15, 0.2) is 72.9 Å². The van der Waals surface area contributed by atoms with Gasteiger partial charge in [0.25, 0.3) is 0 Å². The molecule has 0 saturated carbocycles. The van der Waals surface area contributed by atoms with Crippen molar-refractivity contribution in [3.63, 3.8) is 0 Å². The largest absolute Gasteiger partial charge is 0.508 e. The van der Waals surface area contributed by atoms with E-state index in [-0.39, 0.29) is 28.6 Å². The normalized spacial score (nSPS) is 11.1. The molecule has 0 bridgehead atoms. The van der Waals surface area contributed by atoms with Gasteiger partial charge in [-0.1, -0.05) is 37.3 Å². The molecule has 1 aromatic heterocycles. The molecule has 0 atom stereocenters. The minimum Gasteiger partial charge on any atom is -0.508 e. The van der Waals surface area contributed by atoms with E-state index in [2.05, 4.69) is 4.98 Å².